The van der Waals surface area contributed by atoms with E-state index in [1.54, 1.807) is 24.4 Å². The Kier molecular flexibility index (Phi) is 6.79. The molecule has 2 aromatic heterocycles. The number of alkyl halides is 3. The molecule has 0 radical (unpaired) electrons. The molecular weight excluding hydrogens is 397 g/mol. The maximum absolute atomic E-state index is 12.5. The van der Waals surface area contributed by atoms with E-state index in [2.05, 4.69) is 31.1 Å². The summed E-state index contributed by atoms with van der Waals surface area (Å²) in [4.78, 5) is 16.1. The highest BCUT2D eigenvalue weighted by molar-refractivity contribution is 5.78. The van der Waals surface area contributed by atoms with Crippen LogP contribution in [-0.2, 0) is 17.4 Å². The van der Waals surface area contributed by atoms with Crippen LogP contribution in [0, 0.1) is 0 Å². The number of nitrogens with one attached hydrogen (secondary N) is 3. The Bertz CT molecular complexity index is 947. The van der Waals surface area contributed by atoms with Crippen molar-refractivity contribution < 1.29 is 18.0 Å². The first-order valence-electron chi connectivity index (χ1n) is 9.09. The molecule has 0 fully saturated rings. The maximum Gasteiger partial charge on any atom is 0.416 e. The van der Waals surface area contributed by atoms with Crippen molar-refractivity contribution in [3.8, 4) is 0 Å². The van der Waals surface area contributed by atoms with Gasteiger partial charge < -0.3 is 16.0 Å². The lowest BCUT2D eigenvalue weighted by Gasteiger charge is -2.09. The summed E-state index contributed by atoms with van der Waals surface area (Å²) in [6, 6.07) is 13.5. The zero-order chi connectivity index (χ0) is 21.4. The normalized spacial score (nSPS) is 11.0. The summed E-state index contributed by atoms with van der Waals surface area (Å²) in [5.74, 6) is 1.46. The number of nitrogens with zero attached hydrogens (tertiary/aromatic N) is 3. The Morgan fingerprint density at radius 1 is 0.867 bits per heavy atom. The predicted octanol–water partition coefficient (Wildman–Crippen LogP) is 3.40. The standard InChI is InChI=1S/C20H19F3N6O/c21-20(22,23)15-6-4-14(5-7-15)13-19(30)26-12-11-25-17-8-9-18(29-28-17)27-16-3-1-2-10-24-16/h1-10H,11-13H2,(H,25,28)(H,26,30)(H,24,27,29). The number of hydrogen-bond donors (Lipinski definition) is 3. The van der Waals surface area contributed by atoms with Gasteiger partial charge in [-0.05, 0) is 42.0 Å². The fraction of sp³-hybridized carbons (Fsp3) is 0.200. The smallest absolute Gasteiger partial charge is 0.367 e. The van der Waals surface area contributed by atoms with Gasteiger partial charge in [-0.2, -0.15) is 13.2 Å². The minimum absolute atomic E-state index is 0.00578. The molecule has 0 saturated heterocycles. The van der Waals surface area contributed by atoms with Crippen LogP contribution in [0.3, 0.4) is 0 Å². The first-order valence-corrected chi connectivity index (χ1v) is 9.09. The molecule has 2 heterocycles. The summed E-state index contributed by atoms with van der Waals surface area (Å²) in [7, 11) is 0. The summed E-state index contributed by atoms with van der Waals surface area (Å²) in [5, 5.41) is 16.8. The summed E-state index contributed by atoms with van der Waals surface area (Å²) in [6.07, 6.45) is -2.72. The summed E-state index contributed by atoms with van der Waals surface area (Å²) >= 11 is 0. The molecule has 7 nitrogen and oxygen atoms in total. The molecule has 3 rings (SSSR count). The number of pyridine rings is 1. The van der Waals surface area contributed by atoms with Crippen molar-refractivity contribution in [1.82, 2.24) is 20.5 Å². The fourth-order valence-electron chi connectivity index (χ4n) is 2.51. The van der Waals surface area contributed by atoms with Crippen LogP contribution in [0.5, 0.6) is 0 Å². The topological polar surface area (TPSA) is 91.8 Å². The van der Waals surface area contributed by atoms with Crippen LogP contribution < -0.4 is 16.0 Å². The minimum Gasteiger partial charge on any atom is -0.367 e. The number of anilines is 3. The number of rotatable bonds is 8. The van der Waals surface area contributed by atoms with Gasteiger partial charge in [-0.3, -0.25) is 4.79 Å². The number of hydrogen-bond acceptors (Lipinski definition) is 6. The summed E-state index contributed by atoms with van der Waals surface area (Å²) < 4.78 is 37.6. The lowest BCUT2D eigenvalue weighted by Crippen LogP contribution is -2.30. The van der Waals surface area contributed by atoms with E-state index in [9.17, 15) is 18.0 Å². The molecule has 0 unspecified atom stereocenters. The SMILES string of the molecule is O=C(Cc1ccc(C(F)(F)F)cc1)NCCNc1ccc(Nc2ccccn2)nn1. The van der Waals surface area contributed by atoms with E-state index in [1.165, 1.54) is 12.1 Å². The second kappa shape index (κ2) is 9.68. The molecule has 0 aliphatic carbocycles. The minimum atomic E-state index is -4.39. The zero-order valence-corrected chi connectivity index (χ0v) is 15.8. The maximum atomic E-state index is 12.5. The average molecular weight is 416 g/mol. The second-order valence-corrected chi connectivity index (χ2v) is 6.29. The third-order valence-electron chi connectivity index (χ3n) is 3.98. The highest BCUT2D eigenvalue weighted by Gasteiger charge is 2.29. The van der Waals surface area contributed by atoms with Crippen LogP contribution in [0.2, 0.25) is 0 Å². The highest BCUT2D eigenvalue weighted by Crippen LogP contribution is 2.29. The number of amides is 1. The van der Waals surface area contributed by atoms with Gasteiger partial charge in [0.2, 0.25) is 5.91 Å². The lowest BCUT2D eigenvalue weighted by molar-refractivity contribution is -0.137. The van der Waals surface area contributed by atoms with Gasteiger partial charge >= 0.3 is 6.18 Å². The van der Waals surface area contributed by atoms with Crippen molar-refractivity contribution in [2.75, 3.05) is 23.7 Å². The van der Waals surface area contributed by atoms with E-state index < -0.39 is 11.7 Å². The molecule has 0 aliphatic heterocycles. The van der Waals surface area contributed by atoms with E-state index in [1.807, 2.05) is 12.1 Å². The Morgan fingerprint density at radius 3 is 2.23 bits per heavy atom. The molecule has 0 spiro atoms. The van der Waals surface area contributed by atoms with Crippen molar-refractivity contribution in [3.05, 3.63) is 71.9 Å². The van der Waals surface area contributed by atoms with Gasteiger partial charge in [-0.25, -0.2) is 4.98 Å². The Labute approximate surface area is 170 Å². The van der Waals surface area contributed by atoms with Gasteiger partial charge in [0, 0.05) is 19.3 Å². The highest BCUT2D eigenvalue weighted by atomic mass is 19.4. The number of halogens is 3. The second-order valence-electron chi connectivity index (χ2n) is 6.29. The van der Waals surface area contributed by atoms with Crippen LogP contribution >= 0.6 is 0 Å². The van der Waals surface area contributed by atoms with Gasteiger partial charge in [-0.15, -0.1) is 10.2 Å². The molecule has 1 aromatic carbocycles. The van der Waals surface area contributed by atoms with Crippen molar-refractivity contribution in [3.63, 3.8) is 0 Å². The zero-order valence-electron chi connectivity index (χ0n) is 15.8. The number of benzene rings is 1. The van der Waals surface area contributed by atoms with Crippen LogP contribution in [0.25, 0.3) is 0 Å². The van der Waals surface area contributed by atoms with Gasteiger partial charge in [0.25, 0.3) is 0 Å². The van der Waals surface area contributed by atoms with Crippen molar-refractivity contribution in [2.45, 2.75) is 12.6 Å². The number of carbonyl (C=O) groups excluding carboxylic acids is 1. The summed E-state index contributed by atoms with van der Waals surface area (Å²) in [6.45, 7) is 0.746. The van der Waals surface area contributed by atoms with E-state index in [4.69, 9.17) is 0 Å². The van der Waals surface area contributed by atoms with Crippen molar-refractivity contribution in [2.24, 2.45) is 0 Å². The molecule has 0 saturated carbocycles. The molecule has 3 aromatic rings. The van der Waals surface area contributed by atoms with Crippen LogP contribution in [0.15, 0.2) is 60.8 Å². The quantitative estimate of drug-likeness (QED) is 0.488. The van der Waals surface area contributed by atoms with Gasteiger partial charge in [0.05, 0.1) is 12.0 Å². The van der Waals surface area contributed by atoms with Gasteiger partial charge in [-0.1, -0.05) is 18.2 Å². The van der Waals surface area contributed by atoms with Crippen LogP contribution in [0.4, 0.5) is 30.6 Å². The lowest BCUT2D eigenvalue weighted by atomic mass is 10.1. The first-order chi connectivity index (χ1) is 14.4. The first kappa shape index (κ1) is 21.0. The summed E-state index contributed by atoms with van der Waals surface area (Å²) in [5.41, 5.74) is -0.228. The van der Waals surface area contributed by atoms with Crippen molar-refractivity contribution >= 4 is 23.4 Å². The Hall–Kier alpha value is -3.69. The number of aromatic nitrogens is 3. The predicted molar refractivity (Wildman–Crippen MR) is 106 cm³/mol. The molecule has 0 bridgehead atoms. The molecule has 10 heteroatoms. The van der Waals surface area contributed by atoms with E-state index >= 15 is 0 Å². The largest absolute Gasteiger partial charge is 0.416 e. The Balaban J connectivity index is 1.37. The number of carbonyl (C=O) groups is 1. The van der Waals surface area contributed by atoms with E-state index in [-0.39, 0.29) is 12.3 Å². The molecule has 0 atom stereocenters. The van der Waals surface area contributed by atoms with Crippen molar-refractivity contribution in [1.29, 1.82) is 0 Å². The van der Waals surface area contributed by atoms with E-state index in [0.29, 0.717) is 36.1 Å². The fourth-order valence-corrected chi connectivity index (χ4v) is 2.51. The molecule has 30 heavy (non-hydrogen) atoms. The third-order valence-corrected chi connectivity index (χ3v) is 3.98. The molecule has 156 valence electrons. The monoisotopic (exact) mass is 416 g/mol. The van der Waals surface area contributed by atoms with E-state index in [0.717, 1.165) is 12.1 Å². The molecule has 0 aliphatic rings. The molecular formula is C20H19F3N6O. The Morgan fingerprint density at radius 2 is 1.60 bits per heavy atom. The van der Waals surface area contributed by atoms with Crippen LogP contribution in [0.1, 0.15) is 11.1 Å². The third kappa shape index (κ3) is 6.43. The molecule has 1 amide bonds. The van der Waals surface area contributed by atoms with Gasteiger partial charge in [0.15, 0.2) is 5.82 Å². The molecule has 3 N–H and O–H groups in total. The van der Waals surface area contributed by atoms with Gasteiger partial charge in [0.1, 0.15) is 11.6 Å². The average Bonchev–Trinajstić information content (AvgIpc) is 2.73. The van der Waals surface area contributed by atoms with Crippen LogP contribution in [-0.4, -0.2) is 34.2 Å².